The molecule has 1 unspecified atom stereocenters. The first-order valence-electron chi connectivity index (χ1n) is 6.30. The van der Waals surface area contributed by atoms with Crippen LogP contribution in [0.1, 0.15) is 41.5 Å². The zero-order valence-electron chi connectivity index (χ0n) is 11.7. The first kappa shape index (κ1) is 14.0. The Kier molecular flexibility index (Phi) is 3.84. The number of nitrogens with one attached hydrogen (secondary N) is 1. The van der Waals surface area contributed by atoms with E-state index < -0.39 is 5.54 Å². The summed E-state index contributed by atoms with van der Waals surface area (Å²) < 4.78 is 0. The Morgan fingerprint density at radius 1 is 1.24 bits per heavy atom. The molecule has 4 heteroatoms. The molecule has 0 spiro atoms. The van der Waals surface area contributed by atoms with Crippen LogP contribution in [0.2, 0.25) is 0 Å². The van der Waals surface area contributed by atoms with E-state index in [1.807, 2.05) is 13.8 Å². The topological polar surface area (TPSA) is 49.4 Å². The Morgan fingerprint density at radius 2 is 1.76 bits per heavy atom. The highest BCUT2D eigenvalue weighted by Gasteiger charge is 2.46. The fourth-order valence-electron chi connectivity index (χ4n) is 2.08. The third-order valence-corrected chi connectivity index (χ3v) is 3.26. The summed E-state index contributed by atoms with van der Waals surface area (Å²) in [5, 5.41) is 2.83. The van der Waals surface area contributed by atoms with Crippen LogP contribution >= 0.6 is 0 Å². The van der Waals surface area contributed by atoms with Crippen LogP contribution in [0.25, 0.3) is 0 Å². The van der Waals surface area contributed by atoms with Gasteiger partial charge in [0.15, 0.2) is 0 Å². The minimum Gasteiger partial charge on any atom is -0.342 e. The van der Waals surface area contributed by atoms with Crippen molar-refractivity contribution in [3.8, 4) is 0 Å². The van der Waals surface area contributed by atoms with Crippen molar-refractivity contribution in [1.82, 2.24) is 10.2 Å². The predicted molar refractivity (Wildman–Crippen MR) is 67.4 cm³/mol. The predicted octanol–water partition coefficient (Wildman–Crippen LogP) is 1.40. The molecule has 1 aliphatic rings. The fraction of sp³-hybridized carbons (Fsp3) is 0.846. The van der Waals surface area contributed by atoms with Crippen LogP contribution in [0.4, 0.5) is 0 Å². The minimum atomic E-state index is -0.743. The van der Waals surface area contributed by atoms with Gasteiger partial charge in [-0.15, -0.1) is 0 Å². The van der Waals surface area contributed by atoms with Crippen molar-refractivity contribution < 1.29 is 9.59 Å². The average molecular weight is 240 g/mol. The lowest BCUT2D eigenvalue weighted by Crippen LogP contribution is -2.69. The third kappa shape index (κ3) is 2.61. The zero-order valence-corrected chi connectivity index (χ0v) is 11.7. The summed E-state index contributed by atoms with van der Waals surface area (Å²) in [6.45, 7) is 12.3. The molecule has 0 radical (unpaired) electrons. The largest absolute Gasteiger partial charge is 0.342 e. The normalized spacial score (nSPS) is 24.5. The Labute approximate surface area is 104 Å². The molecule has 0 saturated carbocycles. The van der Waals surface area contributed by atoms with Crippen molar-refractivity contribution >= 4 is 11.8 Å². The quantitative estimate of drug-likeness (QED) is 0.810. The number of rotatable bonds is 3. The zero-order chi connectivity index (χ0) is 13.4. The van der Waals surface area contributed by atoms with E-state index in [1.165, 1.54) is 0 Å². The molecule has 1 saturated heterocycles. The Morgan fingerprint density at radius 3 is 2.18 bits per heavy atom. The maximum Gasteiger partial charge on any atom is 0.246 e. The lowest BCUT2D eigenvalue weighted by molar-refractivity contribution is -0.157. The molecule has 1 aliphatic heterocycles. The standard InChI is InChI=1S/C13H24N2O2/c1-8(2)7-15-11(16)10(9(3)4)14-12(17)13(15,5)6/h8-10H,7H2,1-6H3,(H,14,17). The molecule has 0 aliphatic carbocycles. The number of hydrogen-bond donors (Lipinski definition) is 1. The lowest BCUT2D eigenvalue weighted by Gasteiger charge is -2.46. The van der Waals surface area contributed by atoms with Crippen LogP contribution < -0.4 is 5.32 Å². The summed E-state index contributed by atoms with van der Waals surface area (Å²) in [4.78, 5) is 26.2. The Hall–Kier alpha value is -1.06. The van der Waals surface area contributed by atoms with Crippen molar-refractivity contribution in [2.24, 2.45) is 11.8 Å². The van der Waals surface area contributed by atoms with E-state index >= 15 is 0 Å². The van der Waals surface area contributed by atoms with E-state index in [4.69, 9.17) is 0 Å². The number of carbonyl (C=O) groups is 2. The van der Waals surface area contributed by atoms with Gasteiger partial charge in [-0.25, -0.2) is 0 Å². The summed E-state index contributed by atoms with van der Waals surface area (Å²) in [6, 6.07) is -0.380. The molecule has 17 heavy (non-hydrogen) atoms. The van der Waals surface area contributed by atoms with Crippen molar-refractivity contribution in [2.45, 2.75) is 53.1 Å². The fourth-order valence-corrected chi connectivity index (χ4v) is 2.08. The van der Waals surface area contributed by atoms with E-state index in [2.05, 4.69) is 19.2 Å². The molecular formula is C13H24N2O2. The van der Waals surface area contributed by atoms with Gasteiger partial charge in [-0.3, -0.25) is 9.59 Å². The third-order valence-electron chi connectivity index (χ3n) is 3.26. The molecule has 0 aromatic rings. The highest BCUT2D eigenvalue weighted by Crippen LogP contribution is 2.24. The van der Waals surface area contributed by atoms with Gasteiger partial charge in [-0.1, -0.05) is 27.7 Å². The molecule has 0 bridgehead atoms. The van der Waals surface area contributed by atoms with Gasteiger partial charge in [0, 0.05) is 6.54 Å². The van der Waals surface area contributed by atoms with E-state index in [0.717, 1.165) is 0 Å². The van der Waals surface area contributed by atoms with Crippen LogP contribution in [0.15, 0.2) is 0 Å². The minimum absolute atomic E-state index is 0.0401. The Balaban J connectivity index is 3.02. The van der Waals surface area contributed by atoms with Gasteiger partial charge in [-0.2, -0.15) is 0 Å². The van der Waals surface area contributed by atoms with Crippen LogP contribution in [0, 0.1) is 11.8 Å². The number of hydrogen-bond acceptors (Lipinski definition) is 2. The summed E-state index contributed by atoms with van der Waals surface area (Å²) in [7, 11) is 0. The molecular weight excluding hydrogens is 216 g/mol. The maximum atomic E-state index is 12.4. The van der Waals surface area contributed by atoms with Crippen LogP contribution in [0.3, 0.4) is 0 Å². The second kappa shape index (κ2) is 4.67. The van der Waals surface area contributed by atoms with Crippen molar-refractivity contribution in [3.05, 3.63) is 0 Å². The molecule has 98 valence electrons. The van der Waals surface area contributed by atoms with Gasteiger partial charge in [0.05, 0.1) is 0 Å². The summed E-state index contributed by atoms with van der Waals surface area (Å²) >= 11 is 0. The number of carbonyl (C=O) groups excluding carboxylic acids is 2. The van der Waals surface area contributed by atoms with Gasteiger partial charge in [0.2, 0.25) is 11.8 Å². The summed E-state index contributed by atoms with van der Waals surface area (Å²) in [5.74, 6) is 0.462. The number of piperazine rings is 1. The van der Waals surface area contributed by atoms with E-state index in [0.29, 0.717) is 12.5 Å². The van der Waals surface area contributed by atoms with Crippen LogP contribution in [-0.2, 0) is 9.59 Å². The number of amides is 2. The maximum absolute atomic E-state index is 12.4. The van der Waals surface area contributed by atoms with Gasteiger partial charge >= 0.3 is 0 Å². The SMILES string of the molecule is CC(C)CN1C(=O)C(C(C)C)NC(=O)C1(C)C. The highest BCUT2D eigenvalue weighted by molar-refractivity contribution is 5.99. The van der Waals surface area contributed by atoms with Crippen molar-refractivity contribution in [2.75, 3.05) is 6.54 Å². The first-order valence-corrected chi connectivity index (χ1v) is 6.30. The molecule has 1 rings (SSSR count). The lowest BCUT2D eigenvalue weighted by atomic mass is 9.90. The second-order valence-corrected chi connectivity index (χ2v) is 6.10. The highest BCUT2D eigenvalue weighted by atomic mass is 16.2. The van der Waals surface area contributed by atoms with E-state index in [1.54, 1.807) is 18.7 Å². The molecule has 1 fully saturated rings. The molecule has 1 heterocycles. The molecule has 1 atom stereocenters. The summed E-state index contributed by atoms with van der Waals surface area (Å²) in [5.41, 5.74) is -0.743. The monoisotopic (exact) mass is 240 g/mol. The second-order valence-electron chi connectivity index (χ2n) is 6.10. The van der Waals surface area contributed by atoms with E-state index in [-0.39, 0.29) is 23.8 Å². The average Bonchev–Trinajstić information content (AvgIpc) is 2.18. The van der Waals surface area contributed by atoms with Gasteiger partial charge < -0.3 is 10.2 Å². The van der Waals surface area contributed by atoms with Crippen molar-refractivity contribution in [3.63, 3.8) is 0 Å². The molecule has 0 aromatic heterocycles. The van der Waals surface area contributed by atoms with Gasteiger partial charge in [0.25, 0.3) is 0 Å². The smallest absolute Gasteiger partial charge is 0.246 e. The Bertz CT molecular complexity index is 321. The molecule has 2 amide bonds. The van der Waals surface area contributed by atoms with E-state index in [9.17, 15) is 9.59 Å². The van der Waals surface area contributed by atoms with Crippen LogP contribution in [-0.4, -0.2) is 34.8 Å². The molecule has 0 aromatic carbocycles. The van der Waals surface area contributed by atoms with Crippen LogP contribution in [0.5, 0.6) is 0 Å². The molecule has 4 nitrogen and oxygen atoms in total. The van der Waals surface area contributed by atoms with Gasteiger partial charge in [-0.05, 0) is 25.7 Å². The molecule has 1 N–H and O–H groups in total. The number of nitrogens with zero attached hydrogens (tertiary/aromatic N) is 1. The summed E-state index contributed by atoms with van der Waals surface area (Å²) in [6.07, 6.45) is 0. The van der Waals surface area contributed by atoms with Crippen molar-refractivity contribution in [1.29, 1.82) is 0 Å². The first-order chi connectivity index (χ1) is 7.67. The van der Waals surface area contributed by atoms with Gasteiger partial charge in [0.1, 0.15) is 11.6 Å².